The van der Waals surface area contributed by atoms with Crippen LogP contribution in [0.5, 0.6) is 0 Å². The van der Waals surface area contributed by atoms with E-state index in [9.17, 15) is 13.2 Å². The fraction of sp³-hybridized carbons (Fsp3) is 0.833. The average molecular weight is 237 g/mol. The van der Waals surface area contributed by atoms with E-state index in [1.165, 1.54) is 6.08 Å². The third-order valence-electron chi connectivity index (χ3n) is 2.61. The van der Waals surface area contributed by atoms with Gasteiger partial charge in [-0.15, -0.1) is 0 Å². The molecule has 0 heterocycles. The molecule has 0 aromatic heterocycles. The SMILES string of the molecule is CCCC(/C=C(/CC)C(F)(F)F)CCNC. The molecule has 0 rings (SSSR count). The molecule has 0 aliphatic carbocycles. The first-order valence-electron chi connectivity index (χ1n) is 5.88. The summed E-state index contributed by atoms with van der Waals surface area (Å²) in [7, 11) is 1.82. The summed E-state index contributed by atoms with van der Waals surface area (Å²) in [6.45, 7) is 4.32. The normalized spacial score (nSPS) is 15.2. The van der Waals surface area contributed by atoms with Gasteiger partial charge in [0.05, 0.1) is 0 Å². The van der Waals surface area contributed by atoms with Gasteiger partial charge < -0.3 is 5.32 Å². The molecule has 1 N–H and O–H groups in total. The molecule has 0 saturated heterocycles. The lowest BCUT2D eigenvalue weighted by Crippen LogP contribution is -2.16. The maximum Gasteiger partial charge on any atom is 0.412 e. The van der Waals surface area contributed by atoms with E-state index in [1.54, 1.807) is 6.92 Å². The van der Waals surface area contributed by atoms with Crippen molar-refractivity contribution < 1.29 is 13.2 Å². The highest BCUT2D eigenvalue weighted by atomic mass is 19.4. The largest absolute Gasteiger partial charge is 0.412 e. The van der Waals surface area contributed by atoms with Crippen LogP contribution >= 0.6 is 0 Å². The number of nitrogens with one attached hydrogen (secondary N) is 1. The van der Waals surface area contributed by atoms with Gasteiger partial charge in [-0.2, -0.15) is 13.2 Å². The Balaban J connectivity index is 4.57. The summed E-state index contributed by atoms with van der Waals surface area (Å²) in [4.78, 5) is 0. The lowest BCUT2D eigenvalue weighted by molar-refractivity contribution is -0.0941. The van der Waals surface area contributed by atoms with Crippen molar-refractivity contribution >= 4 is 0 Å². The number of rotatable bonds is 7. The molecule has 0 aliphatic heterocycles. The quantitative estimate of drug-likeness (QED) is 0.662. The minimum atomic E-state index is -4.17. The van der Waals surface area contributed by atoms with Crippen molar-refractivity contribution in [2.45, 2.75) is 45.7 Å². The molecule has 4 heteroatoms. The van der Waals surface area contributed by atoms with E-state index in [0.717, 1.165) is 25.8 Å². The van der Waals surface area contributed by atoms with Crippen LogP contribution in [-0.2, 0) is 0 Å². The summed E-state index contributed by atoms with van der Waals surface area (Å²) in [6.07, 6.45) is -0.185. The van der Waals surface area contributed by atoms with Crippen molar-refractivity contribution in [3.05, 3.63) is 11.6 Å². The van der Waals surface area contributed by atoms with E-state index in [2.05, 4.69) is 5.32 Å². The molecule has 0 spiro atoms. The van der Waals surface area contributed by atoms with Crippen LogP contribution in [-0.4, -0.2) is 19.8 Å². The van der Waals surface area contributed by atoms with E-state index in [-0.39, 0.29) is 17.9 Å². The van der Waals surface area contributed by atoms with Crippen molar-refractivity contribution in [3.63, 3.8) is 0 Å². The average Bonchev–Trinajstić information content (AvgIpc) is 2.20. The van der Waals surface area contributed by atoms with Gasteiger partial charge in [0.15, 0.2) is 0 Å². The summed E-state index contributed by atoms with van der Waals surface area (Å²) in [5, 5.41) is 2.98. The van der Waals surface area contributed by atoms with Crippen molar-refractivity contribution in [3.8, 4) is 0 Å². The Morgan fingerprint density at radius 3 is 2.25 bits per heavy atom. The lowest BCUT2D eigenvalue weighted by Gasteiger charge is -2.16. The van der Waals surface area contributed by atoms with Crippen LogP contribution < -0.4 is 5.32 Å². The number of alkyl halides is 3. The number of allylic oxidation sites excluding steroid dienone is 2. The zero-order chi connectivity index (χ0) is 12.6. The van der Waals surface area contributed by atoms with Crippen LogP contribution in [0, 0.1) is 5.92 Å². The third kappa shape index (κ3) is 6.16. The number of halogens is 3. The molecule has 1 unspecified atom stereocenters. The van der Waals surface area contributed by atoms with Crippen LogP contribution in [0.2, 0.25) is 0 Å². The Kier molecular flexibility index (Phi) is 7.47. The van der Waals surface area contributed by atoms with Crippen LogP contribution in [0.4, 0.5) is 13.2 Å². The molecular weight excluding hydrogens is 215 g/mol. The zero-order valence-corrected chi connectivity index (χ0v) is 10.3. The zero-order valence-electron chi connectivity index (χ0n) is 10.3. The van der Waals surface area contributed by atoms with Crippen molar-refractivity contribution in [2.75, 3.05) is 13.6 Å². The van der Waals surface area contributed by atoms with E-state index in [4.69, 9.17) is 0 Å². The first-order valence-corrected chi connectivity index (χ1v) is 5.88. The summed E-state index contributed by atoms with van der Waals surface area (Å²) >= 11 is 0. The van der Waals surface area contributed by atoms with Crippen LogP contribution in [0.25, 0.3) is 0 Å². The monoisotopic (exact) mass is 237 g/mol. The van der Waals surface area contributed by atoms with Crippen LogP contribution in [0.3, 0.4) is 0 Å². The standard InChI is InChI=1S/C12H22F3N/c1-4-6-10(7-8-16-3)9-11(5-2)12(13,14)15/h9-10,16H,4-8H2,1-3H3/b11-9-. The predicted octanol–water partition coefficient (Wildman–Crippen LogP) is 3.91. The fourth-order valence-corrected chi connectivity index (χ4v) is 1.71. The lowest BCUT2D eigenvalue weighted by atomic mass is 9.96. The molecule has 16 heavy (non-hydrogen) atoms. The molecular formula is C12H22F3N. The van der Waals surface area contributed by atoms with Gasteiger partial charge >= 0.3 is 6.18 Å². The van der Waals surface area contributed by atoms with Crippen molar-refractivity contribution in [2.24, 2.45) is 5.92 Å². The van der Waals surface area contributed by atoms with Crippen molar-refractivity contribution in [1.29, 1.82) is 0 Å². The fourth-order valence-electron chi connectivity index (χ4n) is 1.71. The first kappa shape index (κ1) is 15.5. The van der Waals surface area contributed by atoms with Crippen LogP contribution in [0.15, 0.2) is 11.6 Å². The molecule has 0 amide bonds. The van der Waals surface area contributed by atoms with Crippen LogP contribution in [0.1, 0.15) is 39.5 Å². The van der Waals surface area contributed by atoms with Gasteiger partial charge in [0.2, 0.25) is 0 Å². The summed E-state index contributed by atoms with van der Waals surface area (Å²) in [5.41, 5.74) is -0.387. The summed E-state index contributed by atoms with van der Waals surface area (Å²) in [6, 6.07) is 0. The Hall–Kier alpha value is -0.510. The smallest absolute Gasteiger partial charge is 0.320 e. The second-order valence-electron chi connectivity index (χ2n) is 3.98. The Labute approximate surface area is 96.1 Å². The third-order valence-corrected chi connectivity index (χ3v) is 2.61. The summed E-state index contributed by atoms with van der Waals surface area (Å²) < 4.78 is 37.7. The molecule has 0 aromatic carbocycles. The van der Waals surface area contributed by atoms with Gasteiger partial charge in [0.25, 0.3) is 0 Å². The maximum atomic E-state index is 12.6. The van der Waals surface area contributed by atoms with Gasteiger partial charge in [0.1, 0.15) is 0 Å². The van der Waals surface area contributed by atoms with Crippen molar-refractivity contribution in [1.82, 2.24) is 5.32 Å². The highest BCUT2D eigenvalue weighted by Gasteiger charge is 2.32. The van der Waals surface area contributed by atoms with E-state index in [0.29, 0.717) is 0 Å². The molecule has 1 nitrogen and oxygen atoms in total. The topological polar surface area (TPSA) is 12.0 Å². The van der Waals surface area contributed by atoms with Gasteiger partial charge in [-0.05, 0) is 38.8 Å². The molecule has 0 aliphatic rings. The highest BCUT2D eigenvalue weighted by Crippen LogP contribution is 2.30. The maximum absolute atomic E-state index is 12.6. The van der Waals surface area contributed by atoms with E-state index >= 15 is 0 Å². The molecule has 0 radical (unpaired) electrons. The Morgan fingerprint density at radius 2 is 1.88 bits per heavy atom. The highest BCUT2D eigenvalue weighted by molar-refractivity contribution is 5.10. The predicted molar refractivity (Wildman–Crippen MR) is 61.4 cm³/mol. The first-order chi connectivity index (χ1) is 7.45. The summed E-state index contributed by atoms with van der Waals surface area (Å²) in [5.74, 6) is 0.0361. The van der Waals surface area contributed by atoms with Gasteiger partial charge in [-0.25, -0.2) is 0 Å². The Morgan fingerprint density at radius 1 is 1.25 bits per heavy atom. The van der Waals surface area contributed by atoms with Gasteiger partial charge in [-0.3, -0.25) is 0 Å². The molecule has 0 fully saturated rings. The van der Waals surface area contributed by atoms with Gasteiger partial charge in [-0.1, -0.05) is 26.3 Å². The minimum Gasteiger partial charge on any atom is -0.320 e. The molecule has 0 bridgehead atoms. The molecule has 96 valence electrons. The molecule has 0 saturated carbocycles. The second kappa shape index (κ2) is 7.71. The van der Waals surface area contributed by atoms with E-state index < -0.39 is 6.18 Å². The second-order valence-corrected chi connectivity index (χ2v) is 3.98. The Bertz CT molecular complexity index is 209. The van der Waals surface area contributed by atoms with Gasteiger partial charge in [0, 0.05) is 5.57 Å². The number of hydrogen-bond donors (Lipinski definition) is 1. The molecule has 0 aromatic rings. The van der Waals surface area contributed by atoms with E-state index in [1.807, 2.05) is 14.0 Å². The molecule has 1 atom stereocenters. The number of hydrogen-bond acceptors (Lipinski definition) is 1. The minimum absolute atomic E-state index is 0.0361.